The molecule has 0 aromatic heterocycles. The van der Waals surface area contributed by atoms with Gasteiger partial charge >= 0.3 is 0 Å². The van der Waals surface area contributed by atoms with Crippen LogP contribution in [0.1, 0.15) is 15.9 Å². The van der Waals surface area contributed by atoms with E-state index in [-0.39, 0.29) is 21.2 Å². The molecule has 0 aliphatic rings. The number of aryl methyl sites for hydroxylation is 1. The van der Waals surface area contributed by atoms with E-state index in [2.05, 4.69) is 16.6 Å². The molecule has 0 spiro atoms. The van der Waals surface area contributed by atoms with Crippen molar-refractivity contribution in [3.63, 3.8) is 0 Å². The zero-order valence-corrected chi connectivity index (χ0v) is 18.3. The summed E-state index contributed by atoms with van der Waals surface area (Å²) < 4.78 is 33.2. The minimum absolute atomic E-state index is 0.121. The van der Waals surface area contributed by atoms with Crippen molar-refractivity contribution in [3.05, 3.63) is 95.5 Å². The van der Waals surface area contributed by atoms with Crippen LogP contribution >= 0.6 is 11.6 Å². The Labute approximate surface area is 186 Å². The summed E-state index contributed by atoms with van der Waals surface area (Å²) in [5, 5.41) is 2.93. The standard InChI is InChI=1S/C23H21ClN2O4S/c1-3-13-30-19-6-4-5-17(14-19)25-23(27)21-15-18(9-12-22(21)24)26-31(28,29)20-10-7-16(2)8-11-20/h3-12,14-15,26H,1,13H2,2H3,(H,25,27). The highest BCUT2D eigenvalue weighted by molar-refractivity contribution is 7.92. The number of ether oxygens (including phenoxy) is 1. The van der Waals surface area contributed by atoms with E-state index < -0.39 is 15.9 Å². The Morgan fingerprint density at radius 3 is 2.52 bits per heavy atom. The van der Waals surface area contributed by atoms with Crippen LogP contribution < -0.4 is 14.8 Å². The SMILES string of the molecule is C=CCOc1cccc(NC(=O)c2cc(NS(=O)(=O)c3ccc(C)cc3)ccc2Cl)c1. The Bertz CT molecular complexity index is 1210. The molecule has 1 amide bonds. The van der Waals surface area contributed by atoms with Gasteiger partial charge in [-0.1, -0.05) is 48.0 Å². The minimum atomic E-state index is -3.81. The fourth-order valence-electron chi connectivity index (χ4n) is 2.71. The molecule has 0 saturated heterocycles. The fraction of sp³-hybridized carbons (Fsp3) is 0.0870. The third-order valence-corrected chi connectivity index (χ3v) is 5.98. The van der Waals surface area contributed by atoms with E-state index in [9.17, 15) is 13.2 Å². The summed E-state index contributed by atoms with van der Waals surface area (Å²) >= 11 is 6.19. The predicted molar refractivity (Wildman–Crippen MR) is 124 cm³/mol. The van der Waals surface area contributed by atoms with Gasteiger partial charge in [-0.2, -0.15) is 0 Å². The topological polar surface area (TPSA) is 84.5 Å². The summed E-state index contributed by atoms with van der Waals surface area (Å²) in [5.41, 5.74) is 1.80. The molecule has 0 heterocycles. The van der Waals surface area contributed by atoms with Gasteiger partial charge < -0.3 is 10.1 Å². The molecule has 3 aromatic rings. The fourth-order valence-corrected chi connectivity index (χ4v) is 3.96. The molecule has 0 atom stereocenters. The van der Waals surface area contributed by atoms with E-state index >= 15 is 0 Å². The molecule has 160 valence electrons. The smallest absolute Gasteiger partial charge is 0.261 e. The molecule has 3 aromatic carbocycles. The molecular formula is C23H21ClN2O4S. The van der Waals surface area contributed by atoms with Crippen LogP contribution in [0, 0.1) is 6.92 Å². The van der Waals surface area contributed by atoms with Crippen LogP contribution in [0.4, 0.5) is 11.4 Å². The van der Waals surface area contributed by atoms with E-state index in [1.54, 1.807) is 42.5 Å². The second kappa shape index (κ2) is 9.68. The molecule has 0 aliphatic heterocycles. The lowest BCUT2D eigenvalue weighted by Crippen LogP contribution is -2.15. The summed E-state index contributed by atoms with van der Waals surface area (Å²) in [6, 6.07) is 17.7. The van der Waals surface area contributed by atoms with Gasteiger partial charge in [-0.3, -0.25) is 9.52 Å². The Morgan fingerprint density at radius 2 is 1.81 bits per heavy atom. The zero-order chi connectivity index (χ0) is 22.4. The summed E-state index contributed by atoms with van der Waals surface area (Å²) in [7, 11) is -3.81. The number of nitrogens with one attached hydrogen (secondary N) is 2. The molecule has 2 N–H and O–H groups in total. The van der Waals surface area contributed by atoms with Crippen molar-refractivity contribution >= 4 is 38.9 Å². The van der Waals surface area contributed by atoms with E-state index in [1.165, 1.54) is 30.3 Å². The van der Waals surface area contributed by atoms with Gasteiger partial charge in [0.25, 0.3) is 15.9 Å². The van der Waals surface area contributed by atoms with Gasteiger partial charge in [0, 0.05) is 17.4 Å². The van der Waals surface area contributed by atoms with Crippen LogP contribution in [0.5, 0.6) is 5.75 Å². The number of rotatable bonds is 8. The van der Waals surface area contributed by atoms with Crippen LogP contribution in [0.15, 0.2) is 84.3 Å². The first-order chi connectivity index (χ1) is 14.8. The molecule has 6 nitrogen and oxygen atoms in total. The number of carbonyl (C=O) groups is 1. The number of hydrogen-bond donors (Lipinski definition) is 2. The van der Waals surface area contributed by atoms with Gasteiger partial charge in [-0.05, 0) is 49.4 Å². The van der Waals surface area contributed by atoms with Crippen molar-refractivity contribution in [1.82, 2.24) is 0 Å². The van der Waals surface area contributed by atoms with Crippen molar-refractivity contribution in [3.8, 4) is 5.75 Å². The average molecular weight is 457 g/mol. The lowest BCUT2D eigenvalue weighted by Gasteiger charge is -2.12. The van der Waals surface area contributed by atoms with E-state index in [4.69, 9.17) is 16.3 Å². The highest BCUT2D eigenvalue weighted by Crippen LogP contribution is 2.25. The molecule has 8 heteroatoms. The Kier molecular flexibility index (Phi) is 6.99. The molecule has 0 fully saturated rings. The number of amides is 1. The molecule has 0 unspecified atom stereocenters. The van der Waals surface area contributed by atoms with Crippen LogP contribution in [0.3, 0.4) is 0 Å². The van der Waals surface area contributed by atoms with Gasteiger partial charge in [0.15, 0.2) is 0 Å². The maximum atomic E-state index is 12.8. The number of benzene rings is 3. The molecule has 0 aliphatic carbocycles. The molecule has 3 rings (SSSR count). The number of halogens is 1. The largest absolute Gasteiger partial charge is 0.489 e. The Morgan fingerprint density at radius 1 is 1.06 bits per heavy atom. The number of sulfonamides is 1. The average Bonchev–Trinajstić information content (AvgIpc) is 2.74. The van der Waals surface area contributed by atoms with E-state index in [0.717, 1.165) is 5.56 Å². The second-order valence-corrected chi connectivity index (χ2v) is 8.78. The van der Waals surface area contributed by atoms with Crippen LogP contribution in [-0.4, -0.2) is 20.9 Å². The Hall–Kier alpha value is -3.29. The third kappa shape index (κ3) is 5.87. The van der Waals surface area contributed by atoms with Gasteiger partial charge in [0.2, 0.25) is 0 Å². The van der Waals surface area contributed by atoms with Crippen molar-refractivity contribution < 1.29 is 17.9 Å². The Balaban J connectivity index is 1.80. The van der Waals surface area contributed by atoms with Crippen molar-refractivity contribution in [2.45, 2.75) is 11.8 Å². The zero-order valence-electron chi connectivity index (χ0n) is 16.8. The van der Waals surface area contributed by atoms with Crippen molar-refractivity contribution in [2.75, 3.05) is 16.6 Å². The van der Waals surface area contributed by atoms with Crippen molar-refractivity contribution in [1.29, 1.82) is 0 Å². The number of hydrogen-bond acceptors (Lipinski definition) is 4. The quantitative estimate of drug-likeness (QED) is 0.452. The first-order valence-electron chi connectivity index (χ1n) is 9.32. The maximum Gasteiger partial charge on any atom is 0.261 e. The molecule has 0 saturated carbocycles. The second-order valence-electron chi connectivity index (χ2n) is 6.69. The lowest BCUT2D eigenvalue weighted by atomic mass is 10.2. The molecule has 0 radical (unpaired) electrons. The summed E-state index contributed by atoms with van der Waals surface area (Å²) in [6.07, 6.45) is 1.62. The van der Waals surface area contributed by atoms with Crippen LogP contribution in [-0.2, 0) is 10.0 Å². The first-order valence-corrected chi connectivity index (χ1v) is 11.2. The molecular weight excluding hydrogens is 436 g/mol. The van der Waals surface area contributed by atoms with Gasteiger partial charge in [0.05, 0.1) is 15.5 Å². The summed E-state index contributed by atoms with van der Waals surface area (Å²) in [4.78, 5) is 12.9. The van der Waals surface area contributed by atoms with Gasteiger partial charge in [0.1, 0.15) is 12.4 Å². The highest BCUT2D eigenvalue weighted by Gasteiger charge is 2.17. The first kappa shape index (κ1) is 22.4. The van der Waals surface area contributed by atoms with Crippen LogP contribution in [0.2, 0.25) is 5.02 Å². The predicted octanol–water partition coefficient (Wildman–Crippen LogP) is 5.27. The molecule has 31 heavy (non-hydrogen) atoms. The number of carbonyl (C=O) groups excluding carboxylic acids is 1. The van der Waals surface area contributed by atoms with Gasteiger partial charge in [-0.15, -0.1) is 0 Å². The third-order valence-electron chi connectivity index (χ3n) is 4.25. The molecule has 0 bridgehead atoms. The summed E-state index contributed by atoms with van der Waals surface area (Å²) in [5.74, 6) is 0.0886. The van der Waals surface area contributed by atoms with Gasteiger partial charge in [-0.25, -0.2) is 8.42 Å². The normalized spacial score (nSPS) is 10.9. The van der Waals surface area contributed by atoms with E-state index in [1.807, 2.05) is 6.92 Å². The number of anilines is 2. The minimum Gasteiger partial charge on any atom is -0.489 e. The lowest BCUT2D eigenvalue weighted by molar-refractivity contribution is 0.102. The van der Waals surface area contributed by atoms with Crippen LogP contribution in [0.25, 0.3) is 0 Å². The highest BCUT2D eigenvalue weighted by atomic mass is 35.5. The van der Waals surface area contributed by atoms with Crippen molar-refractivity contribution in [2.24, 2.45) is 0 Å². The summed E-state index contributed by atoms with van der Waals surface area (Å²) in [6.45, 7) is 5.80. The monoisotopic (exact) mass is 456 g/mol. The maximum absolute atomic E-state index is 12.8. The van der Waals surface area contributed by atoms with E-state index in [0.29, 0.717) is 18.0 Å².